The zero-order valence-corrected chi connectivity index (χ0v) is 7.02. The molecule has 0 amide bonds. The fourth-order valence-corrected chi connectivity index (χ4v) is 0.969. The highest BCUT2D eigenvalue weighted by atomic mass is 35.5. The lowest BCUT2D eigenvalue weighted by atomic mass is 10.2. The average Bonchev–Trinajstić information content (AvgIpc) is 2.09. The minimum atomic E-state index is -3.00. The van der Waals surface area contributed by atoms with Crippen molar-refractivity contribution in [3.05, 3.63) is 23.3 Å². The van der Waals surface area contributed by atoms with Crippen LogP contribution in [0.2, 0.25) is 0 Å². The van der Waals surface area contributed by atoms with Gasteiger partial charge in [0, 0.05) is 11.8 Å². The summed E-state index contributed by atoms with van der Waals surface area (Å²) in [6, 6.07) is 0. The third-order valence-corrected chi connectivity index (χ3v) is 1.73. The third kappa shape index (κ3) is 1.85. The van der Waals surface area contributed by atoms with Crippen LogP contribution in [0, 0.1) is 5.82 Å². The molecule has 6 heteroatoms. The molecular formula is C7H5ClF3NO. The van der Waals surface area contributed by atoms with E-state index in [4.69, 9.17) is 16.7 Å². The Morgan fingerprint density at radius 3 is 2.62 bits per heavy atom. The Hall–Kier alpha value is -0.970. The van der Waals surface area contributed by atoms with E-state index in [1.54, 1.807) is 0 Å². The highest BCUT2D eigenvalue weighted by molar-refractivity contribution is 6.17. The molecule has 13 heavy (non-hydrogen) atoms. The van der Waals surface area contributed by atoms with Gasteiger partial charge in [-0.15, -0.1) is 11.6 Å². The van der Waals surface area contributed by atoms with Gasteiger partial charge < -0.3 is 5.11 Å². The van der Waals surface area contributed by atoms with Gasteiger partial charge in [-0.25, -0.2) is 13.2 Å². The zero-order chi connectivity index (χ0) is 10.0. The van der Waals surface area contributed by atoms with Crippen LogP contribution in [0.25, 0.3) is 0 Å². The van der Waals surface area contributed by atoms with E-state index < -0.39 is 23.7 Å². The molecule has 0 spiro atoms. The number of hydrogen-bond acceptors (Lipinski definition) is 2. The fraction of sp³-hybridized carbons (Fsp3) is 0.286. The van der Waals surface area contributed by atoms with Crippen LogP contribution >= 0.6 is 11.6 Å². The van der Waals surface area contributed by atoms with E-state index in [-0.39, 0.29) is 11.4 Å². The Bertz CT molecular complexity index is 319. The van der Waals surface area contributed by atoms with Crippen molar-refractivity contribution in [2.45, 2.75) is 12.3 Å². The number of pyridine rings is 1. The molecule has 0 saturated heterocycles. The Morgan fingerprint density at radius 2 is 2.15 bits per heavy atom. The van der Waals surface area contributed by atoms with Crippen molar-refractivity contribution < 1.29 is 18.3 Å². The molecule has 1 heterocycles. The normalized spacial score (nSPS) is 10.8. The second kappa shape index (κ2) is 3.83. The third-order valence-electron chi connectivity index (χ3n) is 1.44. The van der Waals surface area contributed by atoms with Crippen molar-refractivity contribution in [2.24, 2.45) is 0 Å². The van der Waals surface area contributed by atoms with E-state index in [1.807, 2.05) is 0 Å². The molecule has 1 rings (SSSR count). The van der Waals surface area contributed by atoms with Crippen LogP contribution in [-0.2, 0) is 5.88 Å². The van der Waals surface area contributed by atoms with Gasteiger partial charge in [-0.2, -0.15) is 0 Å². The van der Waals surface area contributed by atoms with Gasteiger partial charge in [-0.1, -0.05) is 0 Å². The Morgan fingerprint density at radius 1 is 1.54 bits per heavy atom. The summed E-state index contributed by atoms with van der Waals surface area (Å²) in [6.07, 6.45) is -2.12. The Labute approximate surface area is 77.0 Å². The molecule has 0 unspecified atom stereocenters. The second-order valence-electron chi connectivity index (χ2n) is 2.27. The minimum Gasteiger partial charge on any atom is -0.503 e. The maximum absolute atomic E-state index is 12.9. The van der Waals surface area contributed by atoms with Crippen LogP contribution in [0.4, 0.5) is 13.2 Å². The van der Waals surface area contributed by atoms with Crippen molar-refractivity contribution in [1.29, 1.82) is 0 Å². The molecule has 0 aliphatic rings. The maximum Gasteiger partial charge on any atom is 0.284 e. The number of nitrogens with zero attached hydrogens (tertiary/aromatic N) is 1. The minimum absolute atomic E-state index is 0.108. The lowest BCUT2D eigenvalue weighted by Crippen LogP contribution is -1.97. The summed E-state index contributed by atoms with van der Waals surface area (Å²) in [5, 5.41) is 8.90. The van der Waals surface area contributed by atoms with Crippen molar-refractivity contribution in [2.75, 3.05) is 0 Å². The van der Waals surface area contributed by atoms with Crippen LogP contribution in [0.5, 0.6) is 5.75 Å². The molecule has 72 valence electrons. The monoisotopic (exact) mass is 211 g/mol. The van der Waals surface area contributed by atoms with Gasteiger partial charge in [0.05, 0.1) is 5.88 Å². The number of alkyl halides is 3. The van der Waals surface area contributed by atoms with Gasteiger partial charge in [0.2, 0.25) is 0 Å². The van der Waals surface area contributed by atoms with Gasteiger partial charge in [0.15, 0.2) is 17.3 Å². The molecule has 1 aromatic rings. The standard InChI is InChI=1S/C7H5ClF3NO/c8-1-3-2-12-5(7(10)11)6(13)4(3)9/h2,7,13H,1H2. The molecule has 0 radical (unpaired) electrons. The van der Waals surface area contributed by atoms with E-state index >= 15 is 0 Å². The number of aromatic nitrogens is 1. The molecule has 0 atom stereocenters. The van der Waals surface area contributed by atoms with E-state index in [0.29, 0.717) is 0 Å². The van der Waals surface area contributed by atoms with Crippen molar-refractivity contribution >= 4 is 11.6 Å². The summed E-state index contributed by atoms with van der Waals surface area (Å²) < 4.78 is 37.0. The van der Waals surface area contributed by atoms with Crippen LogP contribution in [0.1, 0.15) is 17.7 Å². The summed E-state index contributed by atoms with van der Waals surface area (Å²) in [5.41, 5.74) is -1.07. The second-order valence-corrected chi connectivity index (χ2v) is 2.53. The van der Waals surface area contributed by atoms with Crippen LogP contribution in [0.15, 0.2) is 6.20 Å². The summed E-state index contributed by atoms with van der Waals surface area (Å²) >= 11 is 5.26. The molecule has 0 saturated carbocycles. The summed E-state index contributed by atoms with van der Waals surface area (Å²) in [5.74, 6) is -2.50. The molecule has 0 aliphatic heterocycles. The molecule has 1 aromatic heterocycles. The summed E-state index contributed by atoms with van der Waals surface area (Å²) in [7, 11) is 0. The van der Waals surface area contributed by atoms with Crippen molar-refractivity contribution in [3.63, 3.8) is 0 Å². The van der Waals surface area contributed by atoms with Gasteiger partial charge in [-0.05, 0) is 0 Å². The molecule has 0 fully saturated rings. The lowest BCUT2D eigenvalue weighted by molar-refractivity contribution is 0.140. The van der Waals surface area contributed by atoms with E-state index in [2.05, 4.69) is 4.98 Å². The molecule has 0 aliphatic carbocycles. The molecule has 0 aromatic carbocycles. The van der Waals surface area contributed by atoms with Crippen molar-refractivity contribution in [1.82, 2.24) is 4.98 Å². The number of hydrogen-bond donors (Lipinski definition) is 1. The number of halogens is 4. The van der Waals surface area contributed by atoms with Gasteiger partial charge in [-0.3, -0.25) is 4.98 Å². The van der Waals surface area contributed by atoms with Crippen LogP contribution in [-0.4, -0.2) is 10.1 Å². The van der Waals surface area contributed by atoms with Crippen molar-refractivity contribution in [3.8, 4) is 5.75 Å². The molecule has 0 bridgehead atoms. The number of rotatable bonds is 2. The van der Waals surface area contributed by atoms with Gasteiger partial charge in [0.25, 0.3) is 6.43 Å². The summed E-state index contributed by atoms with van der Waals surface area (Å²) in [6.45, 7) is 0. The smallest absolute Gasteiger partial charge is 0.284 e. The first-order valence-electron chi connectivity index (χ1n) is 3.28. The van der Waals surface area contributed by atoms with Gasteiger partial charge >= 0.3 is 0 Å². The average molecular weight is 212 g/mol. The van der Waals surface area contributed by atoms with Crippen LogP contribution < -0.4 is 0 Å². The number of aromatic hydroxyl groups is 1. The SMILES string of the molecule is Oc1c(C(F)F)ncc(CCl)c1F. The first-order valence-corrected chi connectivity index (χ1v) is 3.81. The highest BCUT2D eigenvalue weighted by Gasteiger charge is 2.19. The highest BCUT2D eigenvalue weighted by Crippen LogP contribution is 2.30. The van der Waals surface area contributed by atoms with E-state index in [9.17, 15) is 13.2 Å². The predicted molar refractivity (Wildman–Crippen MR) is 40.4 cm³/mol. The summed E-state index contributed by atoms with van der Waals surface area (Å²) in [4.78, 5) is 3.18. The Balaban J connectivity index is 3.23. The topological polar surface area (TPSA) is 33.1 Å². The molecular weight excluding hydrogens is 207 g/mol. The fourth-order valence-electron chi connectivity index (χ4n) is 0.783. The predicted octanol–water partition coefficient (Wildman–Crippen LogP) is 2.60. The first kappa shape index (κ1) is 10.1. The zero-order valence-electron chi connectivity index (χ0n) is 6.27. The molecule has 2 nitrogen and oxygen atoms in total. The van der Waals surface area contributed by atoms with E-state index in [1.165, 1.54) is 0 Å². The molecule has 1 N–H and O–H groups in total. The van der Waals surface area contributed by atoms with Gasteiger partial charge in [0.1, 0.15) is 0 Å². The largest absolute Gasteiger partial charge is 0.503 e. The Kier molecular flexibility index (Phi) is 2.98. The van der Waals surface area contributed by atoms with Crippen LogP contribution in [0.3, 0.4) is 0 Å². The maximum atomic E-state index is 12.9. The first-order chi connectivity index (χ1) is 6.07. The quantitative estimate of drug-likeness (QED) is 0.763. The lowest BCUT2D eigenvalue weighted by Gasteiger charge is -2.05. The van der Waals surface area contributed by atoms with E-state index in [0.717, 1.165) is 6.20 Å².